The Morgan fingerprint density at radius 2 is 2.00 bits per heavy atom. The van der Waals surface area contributed by atoms with Crippen molar-refractivity contribution in [3.63, 3.8) is 0 Å². The zero-order valence-electron chi connectivity index (χ0n) is 9.00. The van der Waals surface area contributed by atoms with Gasteiger partial charge in [-0.3, -0.25) is 4.79 Å². The summed E-state index contributed by atoms with van der Waals surface area (Å²) in [5, 5.41) is 0. The van der Waals surface area contributed by atoms with Crippen LogP contribution in [0.2, 0.25) is 0 Å². The highest BCUT2D eigenvalue weighted by atomic mass is 16.2. The largest absolute Gasteiger partial charge is 0.345 e. The highest BCUT2D eigenvalue weighted by molar-refractivity contribution is 5.78. The number of amides is 1. The molecule has 1 amide bonds. The molecule has 74 valence electrons. The van der Waals surface area contributed by atoms with Crippen LogP contribution in [0.1, 0.15) is 27.2 Å². The summed E-state index contributed by atoms with van der Waals surface area (Å²) in [7, 11) is 1.83. The van der Waals surface area contributed by atoms with Crippen molar-refractivity contribution in [1.29, 1.82) is 0 Å². The van der Waals surface area contributed by atoms with Crippen molar-refractivity contribution in [3.05, 3.63) is 0 Å². The van der Waals surface area contributed by atoms with Gasteiger partial charge < -0.3 is 4.90 Å². The van der Waals surface area contributed by atoms with Crippen LogP contribution < -0.4 is 0 Å². The minimum atomic E-state index is -0.0475. The van der Waals surface area contributed by atoms with Crippen molar-refractivity contribution in [2.75, 3.05) is 13.6 Å². The van der Waals surface area contributed by atoms with Gasteiger partial charge in [-0.2, -0.15) is 0 Å². The summed E-state index contributed by atoms with van der Waals surface area (Å²) in [6.07, 6.45) is 5.68. The second-order valence-electron chi connectivity index (χ2n) is 3.92. The number of terminal acetylenes is 1. The zero-order valence-corrected chi connectivity index (χ0v) is 9.00. The summed E-state index contributed by atoms with van der Waals surface area (Å²) in [4.78, 5) is 13.4. The first-order valence-corrected chi connectivity index (χ1v) is 4.67. The molecular weight excluding hydrogens is 162 g/mol. The molecule has 0 aliphatic carbocycles. The van der Waals surface area contributed by atoms with Gasteiger partial charge in [0.15, 0.2) is 0 Å². The average Bonchev–Trinajstić information content (AvgIpc) is 2.02. The van der Waals surface area contributed by atoms with Crippen LogP contribution in [0, 0.1) is 24.2 Å². The molecule has 2 heteroatoms. The van der Waals surface area contributed by atoms with Gasteiger partial charge in [-0.05, 0) is 5.92 Å². The summed E-state index contributed by atoms with van der Waals surface area (Å²) in [5.41, 5.74) is 0. The van der Waals surface area contributed by atoms with Crippen LogP contribution in [0.15, 0.2) is 0 Å². The van der Waals surface area contributed by atoms with E-state index in [4.69, 9.17) is 6.42 Å². The minimum Gasteiger partial charge on any atom is -0.345 e. The lowest BCUT2D eigenvalue weighted by atomic mass is 10.1. The molecule has 1 atom stereocenters. The van der Waals surface area contributed by atoms with E-state index in [1.165, 1.54) is 0 Å². The van der Waals surface area contributed by atoms with Gasteiger partial charge in [0.05, 0.1) is 0 Å². The fourth-order valence-electron chi connectivity index (χ4n) is 1.28. The van der Waals surface area contributed by atoms with Gasteiger partial charge in [0.1, 0.15) is 0 Å². The lowest BCUT2D eigenvalue weighted by Crippen LogP contribution is -2.34. The van der Waals surface area contributed by atoms with E-state index in [2.05, 4.69) is 19.8 Å². The second-order valence-corrected chi connectivity index (χ2v) is 3.92. The Balaban J connectivity index is 4.03. The predicted octanol–water partition coefficient (Wildman–Crippen LogP) is 1.76. The number of rotatable bonds is 4. The fraction of sp³-hybridized carbons (Fsp3) is 0.727. The van der Waals surface area contributed by atoms with Crippen LogP contribution >= 0.6 is 0 Å². The van der Waals surface area contributed by atoms with Crippen LogP contribution in [0.25, 0.3) is 0 Å². The third-order valence-corrected chi connectivity index (χ3v) is 1.86. The molecule has 0 N–H and O–H groups in total. The second kappa shape index (κ2) is 5.64. The van der Waals surface area contributed by atoms with E-state index >= 15 is 0 Å². The highest BCUT2D eigenvalue weighted by Gasteiger charge is 2.16. The molecule has 0 aromatic heterocycles. The molecule has 0 aromatic rings. The van der Waals surface area contributed by atoms with Gasteiger partial charge in [0.25, 0.3) is 0 Å². The molecule has 0 aromatic carbocycles. The molecule has 0 bridgehead atoms. The van der Waals surface area contributed by atoms with Gasteiger partial charge in [-0.15, -0.1) is 12.3 Å². The van der Waals surface area contributed by atoms with E-state index in [1.807, 2.05) is 14.0 Å². The molecule has 0 saturated heterocycles. The van der Waals surface area contributed by atoms with Crippen LogP contribution in [-0.2, 0) is 4.79 Å². The maximum atomic E-state index is 11.6. The van der Waals surface area contributed by atoms with Gasteiger partial charge >= 0.3 is 0 Å². The third-order valence-electron chi connectivity index (χ3n) is 1.86. The summed E-state index contributed by atoms with van der Waals surface area (Å²) in [6.45, 7) is 6.86. The predicted molar refractivity (Wildman–Crippen MR) is 55.1 cm³/mol. The van der Waals surface area contributed by atoms with Crippen molar-refractivity contribution in [3.8, 4) is 12.3 Å². The van der Waals surface area contributed by atoms with E-state index in [-0.39, 0.29) is 11.8 Å². The Kier molecular flexibility index (Phi) is 5.22. The molecule has 2 nitrogen and oxygen atoms in total. The van der Waals surface area contributed by atoms with E-state index < -0.39 is 0 Å². The van der Waals surface area contributed by atoms with E-state index in [0.717, 1.165) is 6.54 Å². The summed E-state index contributed by atoms with van der Waals surface area (Å²) in [6, 6.07) is 0. The van der Waals surface area contributed by atoms with Gasteiger partial charge in [0.2, 0.25) is 5.91 Å². The van der Waals surface area contributed by atoms with E-state index in [0.29, 0.717) is 12.3 Å². The molecule has 0 rings (SSSR count). The number of carbonyl (C=O) groups is 1. The maximum absolute atomic E-state index is 11.6. The van der Waals surface area contributed by atoms with Crippen LogP contribution in [-0.4, -0.2) is 24.4 Å². The number of hydrogen-bond acceptors (Lipinski definition) is 1. The Labute approximate surface area is 81.3 Å². The number of carbonyl (C=O) groups excluding carboxylic acids is 1. The van der Waals surface area contributed by atoms with Crippen molar-refractivity contribution < 1.29 is 4.79 Å². The first-order valence-electron chi connectivity index (χ1n) is 4.67. The lowest BCUT2D eigenvalue weighted by molar-refractivity contribution is -0.133. The van der Waals surface area contributed by atoms with Crippen molar-refractivity contribution in [2.45, 2.75) is 27.2 Å². The van der Waals surface area contributed by atoms with Crippen molar-refractivity contribution >= 4 is 5.91 Å². The van der Waals surface area contributed by atoms with Gasteiger partial charge in [-0.25, -0.2) is 0 Å². The average molecular weight is 181 g/mol. The molecule has 1 unspecified atom stereocenters. The molecule has 0 aliphatic rings. The van der Waals surface area contributed by atoms with Crippen molar-refractivity contribution in [2.24, 2.45) is 11.8 Å². The Bertz CT molecular complexity index is 203. The normalized spacial score (nSPS) is 12.3. The Morgan fingerprint density at radius 3 is 2.38 bits per heavy atom. The molecule has 0 heterocycles. The van der Waals surface area contributed by atoms with Crippen LogP contribution in [0.5, 0.6) is 0 Å². The monoisotopic (exact) mass is 181 g/mol. The SMILES string of the molecule is C#CCC(C)C(=O)N(C)CC(C)C. The quantitative estimate of drug-likeness (QED) is 0.605. The van der Waals surface area contributed by atoms with Crippen LogP contribution in [0.4, 0.5) is 0 Å². The number of nitrogens with zero attached hydrogens (tertiary/aromatic N) is 1. The molecule has 0 fully saturated rings. The lowest BCUT2D eigenvalue weighted by Gasteiger charge is -2.22. The minimum absolute atomic E-state index is 0.0475. The molecular formula is C11H19NO. The first kappa shape index (κ1) is 12.0. The zero-order chi connectivity index (χ0) is 10.4. The maximum Gasteiger partial charge on any atom is 0.226 e. The summed E-state index contributed by atoms with van der Waals surface area (Å²) < 4.78 is 0. The standard InChI is InChI=1S/C11H19NO/c1-6-7-10(4)11(13)12(5)8-9(2)3/h1,9-10H,7-8H2,2-5H3. The summed E-state index contributed by atoms with van der Waals surface area (Å²) in [5.74, 6) is 3.11. The molecule has 0 spiro atoms. The number of hydrogen-bond donors (Lipinski definition) is 0. The van der Waals surface area contributed by atoms with Gasteiger partial charge in [0, 0.05) is 25.9 Å². The topological polar surface area (TPSA) is 20.3 Å². The fourth-order valence-corrected chi connectivity index (χ4v) is 1.28. The third kappa shape index (κ3) is 4.57. The molecule has 0 aliphatic heterocycles. The van der Waals surface area contributed by atoms with Crippen LogP contribution in [0.3, 0.4) is 0 Å². The Hall–Kier alpha value is -0.970. The van der Waals surface area contributed by atoms with E-state index in [9.17, 15) is 4.79 Å². The molecule has 0 radical (unpaired) electrons. The van der Waals surface area contributed by atoms with E-state index in [1.54, 1.807) is 4.90 Å². The molecule has 0 saturated carbocycles. The van der Waals surface area contributed by atoms with Gasteiger partial charge in [-0.1, -0.05) is 20.8 Å². The smallest absolute Gasteiger partial charge is 0.226 e. The molecule has 13 heavy (non-hydrogen) atoms. The Morgan fingerprint density at radius 1 is 1.46 bits per heavy atom. The highest BCUT2D eigenvalue weighted by Crippen LogP contribution is 2.06. The van der Waals surface area contributed by atoms with Crippen molar-refractivity contribution in [1.82, 2.24) is 4.90 Å². The summed E-state index contributed by atoms with van der Waals surface area (Å²) >= 11 is 0. The first-order chi connectivity index (χ1) is 5.99.